The van der Waals surface area contributed by atoms with E-state index in [-0.39, 0.29) is 23.3 Å². The maximum Gasteiger partial charge on any atom is 0.338 e. The standard InChI is InChI=1S/C18H24N2O4/c1-10-14(16(22)24-11(2)18(3,4)5)15(20-17(23)19-10)12-6-8-13(21)9-7-12/h6-9,11,15,21H,1-5H3,(H2,19,20,23)/t11-,15-/m0/s1. The largest absolute Gasteiger partial charge is 0.508 e. The first-order valence-electron chi connectivity index (χ1n) is 7.88. The Morgan fingerprint density at radius 1 is 1.25 bits per heavy atom. The summed E-state index contributed by atoms with van der Waals surface area (Å²) < 4.78 is 5.60. The van der Waals surface area contributed by atoms with Gasteiger partial charge in [-0.15, -0.1) is 0 Å². The summed E-state index contributed by atoms with van der Waals surface area (Å²) >= 11 is 0. The number of hydrogen-bond donors (Lipinski definition) is 3. The number of carbonyl (C=O) groups is 2. The Bertz CT molecular complexity index is 671. The number of nitrogens with one attached hydrogen (secondary N) is 2. The van der Waals surface area contributed by atoms with Gasteiger partial charge in [0.2, 0.25) is 0 Å². The van der Waals surface area contributed by atoms with Crippen LogP contribution in [-0.4, -0.2) is 23.2 Å². The number of aromatic hydroxyl groups is 1. The minimum Gasteiger partial charge on any atom is -0.508 e. The number of phenolic OH excluding ortho intramolecular Hbond substituents is 1. The van der Waals surface area contributed by atoms with Crippen LogP contribution in [0.15, 0.2) is 35.5 Å². The average molecular weight is 332 g/mol. The molecule has 0 unspecified atom stereocenters. The van der Waals surface area contributed by atoms with Gasteiger partial charge in [0.15, 0.2) is 0 Å². The summed E-state index contributed by atoms with van der Waals surface area (Å²) in [7, 11) is 0. The molecule has 0 saturated carbocycles. The molecule has 2 amide bonds. The maximum atomic E-state index is 12.7. The number of amides is 2. The highest BCUT2D eigenvalue weighted by Gasteiger charge is 2.34. The quantitative estimate of drug-likeness (QED) is 0.743. The van der Waals surface area contributed by atoms with E-state index in [1.807, 2.05) is 27.7 Å². The Morgan fingerprint density at radius 3 is 2.38 bits per heavy atom. The van der Waals surface area contributed by atoms with E-state index < -0.39 is 12.0 Å². The average Bonchev–Trinajstić information content (AvgIpc) is 2.45. The van der Waals surface area contributed by atoms with Gasteiger partial charge >= 0.3 is 12.0 Å². The lowest BCUT2D eigenvalue weighted by molar-refractivity contribution is -0.149. The zero-order valence-corrected chi connectivity index (χ0v) is 14.6. The minimum atomic E-state index is -0.626. The molecule has 0 aliphatic carbocycles. The van der Waals surface area contributed by atoms with Gasteiger partial charge in [0.25, 0.3) is 0 Å². The predicted molar refractivity (Wildman–Crippen MR) is 90.2 cm³/mol. The summed E-state index contributed by atoms with van der Waals surface area (Å²) in [6, 6.07) is 5.35. The first kappa shape index (κ1) is 17.8. The van der Waals surface area contributed by atoms with Gasteiger partial charge in [0, 0.05) is 5.70 Å². The highest BCUT2D eigenvalue weighted by Crippen LogP contribution is 2.30. The molecule has 0 radical (unpaired) electrons. The van der Waals surface area contributed by atoms with Crippen LogP contribution in [0.5, 0.6) is 5.75 Å². The second-order valence-electron chi connectivity index (χ2n) is 7.08. The Balaban J connectivity index is 2.35. The van der Waals surface area contributed by atoms with E-state index >= 15 is 0 Å². The number of rotatable bonds is 3. The van der Waals surface area contributed by atoms with E-state index in [2.05, 4.69) is 10.6 Å². The molecule has 0 aromatic heterocycles. The molecule has 1 heterocycles. The van der Waals surface area contributed by atoms with Gasteiger partial charge in [-0.1, -0.05) is 32.9 Å². The number of ether oxygens (including phenoxy) is 1. The van der Waals surface area contributed by atoms with E-state index in [0.717, 1.165) is 0 Å². The number of hydrogen-bond acceptors (Lipinski definition) is 4. The molecule has 3 N–H and O–H groups in total. The fourth-order valence-corrected chi connectivity index (χ4v) is 2.28. The maximum absolute atomic E-state index is 12.7. The van der Waals surface area contributed by atoms with Crippen LogP contribution >= 0.6 is 0 Å². The van der Waals surface area contributed by atoms with Gasteiger partial charge in [-0.05, 0) is 37.0 Å². The number of urea groups is 1. The molecule has 1 aliphatic rings. The summed E-state index contributed by atoms with van der Waals surface area (Å²) in [4.78, 5) is 24.5. The van der Waals surface area contributed by atoms with Crippen LogP contribution in [0.25, 0.3) is 0 Å². The lowest BCUT2D eigenvalue weighted by Gasteiger charge is -2.31. The van der Waals surface area contributed by atoms with Gasteiger partial charge < -0.3 is 20.5 Å². The molecule has 6 heteroatoms. The third-order valence-corrected chi connectivity index (χ3v) is 4.22. The molecule has 0 fully saturated rings. The zero-order chi connectivity index (χ0) is 18.1. The van der Waals surface area contributed by atoms with E-state index in [0.29, 0.717) is 16.8 Å². The van der Waals surface area contributed by atoms with Gasteiger partial charge in [-0.25, -0.2) is 9.59 Å². The number of phenols is 1. The van der Waals surface area contributed by atoms with Crippen molar-refractivity contribution >= 4 is 12.0 Å². The molecule has 0 spiro atoms. The van der Waals surface area contributed by atoms with E-state index in [1.165, 1.54) is 12.1 Å². The molecule has 24 heavy (non-hydrogen) atoms. The van der Waals surface area contributed by atoms with Crippen molar-refractivity contribution in [2.45, 2.75) is 46.8 Å². The van der Waals surface area contributed by atoms with Crippen molar-refractivity contribution in [3.63, 3.8) is 0 Å². The van der Waals surface area contributed by atoms with Gasteiger partial charge in [-0.2, -0.15) is 0 Å². The monoisotopic (exact) mass is 332 g/mol. The summed E-state index contributed by atoms with van der Waals surface area (Å²) in [5, 5.41) is 14.8. The first-order chi connectivity index (χ1) is 11.1. The molecular weight excluding hydrogens is 308 g/mol. The van der Waals surface area contributed by atoms with E-state index in [4.69, 9.17) is 4.74 Å². The Kier molecular flexibility index (Phi) is 4.87. The van der Waals surface area contributed by atoms with Crippen molar-refractivity contribution in [2.24, 2.45) is 5.41 Å². The molecule has 2 atom stereocenters. The van der Waals surface area contributed by atoms with Crippen LogP contribution in [-0.2, 0) is 9.53 Å². The predicted octanol–water partition coefficient (Wildman–Crippen LogP) is 3.00. The van der Waals surface area contributed by atoms with Crippen molar-refractivity contribution in [3.05, 3.63) is 41.1 Å². The third-order valence-electron chi connectivity index (χ3n) is 4.22. The van der Waals surface area contributed by atoms with Crippen molar-refractivity contribution in [3.8, 4) is 5.75 Å². The van der Waals surface area contributed by atoms with E-state index in [9.17, 15) is 14.7 Å². The smallest absolute Gasteiger partial charge is 0.338 e. The number of allylic oxidation sites excluding steroid dienone is 1. The van der Waals surface area contributed by atoms with Crippen molar-refractivity contribution < 1.29 is 19.4 Å². The molecule has 1 aromatic carbocycles. The second-order valence-corrected chi connectivity index (χ2v) is 7.08. The van der Waals surface area contributed by atoms with Crippen molar-refractivity contribution in [2.75, 3.05) is 0 Å². The lowest BCUT2D eigenvalue weighted by Crippen LogP contribution is -2.46. The molecule has 0 bridgehead atoms. The Hall–Kier alpha value is -2.50. The fraction of sp³-hybridized carbons (Fsp3) is 0.444. The van der Waals surface area contributed by atoms with Crippen LogP contribution in [0, 0.1) is 5.41 Å². The van der Waals surface area contributed by atoms with Crippen LogP contribution in [0.2, 0.25) is 0 Å². The highest BCUT2D eigenvalue weighted by molar-refractivity contribution is 5.95. The molecule has 2 rings (SSSR count). The second kappa shape index (κ2) is 6.55. The minimum absolute atomic E-state index is 0.116. The van der Waals surface area contributed by atoms with Crippen molar-refractivity contribution in [1.29, 1.82) is 0 Å². The fourth-order valence-electron chi connectivity index (χ4n) is 2.28. The van der Waals surface area contributed by atoms with E-state index in [1.54, 1.807) is 19.1 Å². The molecule has 1 aromatic rings. The number of benzene rings is 1. The lowest BCUT2D eigenvalue weighted by atomic mass is 9.90. The number of carbonyl (C=O) groups excluding carboxylic acids is 2. The van der Waals surface area contributed by atoms with Crippen LogP contribution in [0.3, 0.4) is 0 Å². The van der Waals surface area contributed by atoms with Crippen LogP contribution in [0.1, 0.15) is 46.2 Å². The third kappa shape index (κ3) is 3.88. The molecule has 1 aliphatic heterocycles. The molecule has 6 nitrogen and oxygen atoms in total. The first-order valence-corrected chi connectivity index (χ1v) is 7.88. The summed E-state index contributed by atoms with van der Waals surface area (Å²) in [5.74, 6) is -0.356. The zero-order valence-electron chi connectivity index (χ0n) is 14.6. The summed E-state index contributed by atoms with van der Waals surface area (Å²) in [6.07, 6.45) is -0.289. The van der Waals surface area contributed by atoms with Crippen LogP contribution in [0.4, 0.5) is 4.79 Å². The van der Waals surface area contributed by atoms with Gasteiger partial charge in [0.1, 0.15) is 11.9 Å². The summed E-state index contributed by atoms with van der Waals surface area (Å²) in [5.41, 5.74) is 1.32. The highest BCUT2D eigenvalue weighted by atomic mass is 16.5. The SMILES string of the molecule is CC1=C(C(=O)O[C@@H](C)C(C)(C)C)[C@H](c2ccc(O)cc2)NC(=O)N1. The van der Waals surface area contributed by atoms with Gasteiger partial charge in [-0.3, -0.25) is 0 Å². The molecule has 0 saturated heterocycles. The topological polar surface area (TPSA) is 87.7 Å². The number of esters is 1. The molecular formula is C18H24N2O4. The molecule has 130 valence electrons. The van der Waals surface area contributed by atoms with Crippen molar-refractivity contribution in [1.82, 2.24) is 10.6 Å². The Labute approximate surface area is 141 Å². The normalized spacial score (nSPS) is 19.4. The van der Waals surface area contributed by atoms with Crippen LogP contribution < -0.4 is 10.6 Å². The Morgan fingerprint density at radius 2 is 1.83 bits per heavy atom. The van der Waals surface area contributed by atoms with Gasteiger partial charge in [0.05, 0.1) is 11.6 Å². The summed E-state index contributed by atoms with van der Waals surface area (Å²) in [6.45, 7) is 9.49.